The highest BCUT2D eigenvalue weighted by Gasteiger charge is 2.22. The predicted octanol–water partition coefficient (Wildman–Crippen LogP) is 2.09. The number of halogens is 2. The van der Waals surface area contributed by atoms with Gasteiger partial charge in [-0.2, -0.15) is 0 Å². The molecule has 0 aliphatic carbocycles. The van der Waals surface area contributed by atoms with E-state index in [2.05, 4.69) is 5.32 Å². The van der Waals surface area contributed by atoms with Crippen molar-refractivity contribution in [3.05, 3.63) is 70.8 Å². The molecule has 6 nitrogen and oxygen atoms in total. The standard InChI is InChI=1S/C17H13F2NO5/c18-12-6-5-11(8-13(12)19)15(21)20-14(17(24)25)7-9-1-3-10(4-2-9)16(22)23/h1-6,8,14H,7H2,(H,20,21)(H,22,23)(H,24,25)/t14-/m1/s1. The maximum absolute atomic E-state index is 13.2. The molecule has 0 radical (unpaired) electrons. The second-order valence-corrected chi connectivity index (χ2v) is 5.20. The van der Waals surface area contributed by atoms with E-state index in [0.717, 1.165) is 12.1 Å². The molecular formula is C17H13F2NO5. The molecule has 3 N–H and O–H groups in total. The lowest BCUT2D eigenvalue weighted by Crippen LogP contribution is -2.42. The Hall–Kier alpha value is -3.29. The summed E-state index contributed by atoms with van der Waals surface area (Å²) in [5, 5.41) is 20.3. The number of carboxylic acids is 2. The topological polar surface area (TPSA) is 104 Å². The summed E-state index contributed by atoms with van der Waals surface area (Å²) < 4.78 is 26.1. The van der Waals surface area contributed by atoms with Crippen molar-refractivity contribution in [2.75, 3.05) is 0 Å². The van der Waals surface area contributed by atoms with Gasteiger partial charge in [-0.1, -0.05) is 12.1 Å². The summed E-state index contributed by atoms with van der Waals surface area (Å²) >= 11 is 0. The van der Waals surface area contributed by atoms with Crippen molar-refractivity contribution in [1.29, 1.82) is 0 Å². The van der Waals surface area contributed by atoms with Gasteiger partial charge in [0.25, 0.3) is 5.91 Å². The summed E-state index contributed by atoms with van der Waals surface area (Å²) in [6, 6.07) is 6.65. The minimum Gasteiger partial charge on any atom is -0.480 e. The predicted molar refractivity (Wildman–Crippen MR) is 82.4 cm³/mol. The van der Waals surface area contributed by atoms with Crippen molar-refractivity contribution in [2.45, 2.75) is 12.5 Å². The van der Waals surface area contributed by atoms with Crippen molar-refractivity contribution in [2.24, 2.45) is 0 Å². The average Bonchev–Trinajstić information content (AvgIpc) is 2.57. The van der Waals surface area contributed by atoms with Gasteiger partial charge in [-0.05, 0) is 35.9 Å². The lowest BCUT2D eigenvalue weighted by molar-refractivity contribution is -0.139. The van der Waals surface area contributed by atoms with Crippen LogP contribution in [0, 0.1) is 11.6 Å². The van der Waals surface area contributed by atoms with Gasteiger partial charge in [0.05, 0.1) is 5.56 Å². The lowest BCUT2D eigenvalue weighted by atomic mass is 10.0. The third kappa shape index (κ3) is 4.60. The molecule has 0 aliphatic heterocycles. The average molecular weight is 349 g/mol. The molecular weight excluding hydrogens is 336 g/mol. The van der Waals surface area contributed by atoms with Crippen LogP contribution in [0.25, 0.3) is 0 Å². The number of carboxylic acid groups (broad SMARTS) is 2. The second-order valence-electron chi connectivity index (χ2n) is 5.20. The Bertz CT molecular complexity index is 820. The molecule has 25 heavy (non-hydrogen) atoms. The van der Waals surface area contributed by atoms with Gasteiger partial charge in [0, 0.05) is 12.0 Å². The number of hydrogen-bond acceptors (Lipinski definition) is 3. The van der Waals surface area contributed by atoms with Gasteiger partial charge in [0.2, 0.25) is 0 Å². The van der Waals surface area contributed by atoms with Crippen LogP contribution >= 0.6 is 0 Å². The maximum Gasteiger partial charge on any atom is 0.335 e. The highest BCUT2D eigenvalue weighted by atomic mass is 19.2. The SMILES string of the molecule is O=C(O)c1ccc(C[C@@H](NC(=O)c2ccc(F)c(F)c2)C(=O)O)cc1. The van der Waals surface area contributed by atoms with E-state index < -0.39 is 35.5 Å². The number of amides is 1. The van der Waals surface area contributed by atoms with Gasteiger partial charge in [-0.3, -0.25) is 4.79 Å². The zero-order chi connectivity index (χ0) is 18.6. The van der Waals surface area contributed by atoms with E-state index in [1.165, 1.54) is 24.3 Å². The molecule has 1 atom stereocenters. The van der Waals surface area contributed by atoms with Gasteiger partial charge in [0.15, 0.2) is 11.6 Å². The molecule has 2 aromatic rings. The summed E-state index contributed by atoms with van der Waals surface area (Å²) in [6.45, 7) is 0. The summed E-state index contributed by atoms with van der Waals surface area (Å²) in [5.74, 6) is -5.65. The Labute approximate surface area is 140 Å². The number of benzene rings is 2. The number of nitrogens with one attached hydrogen (secondary N) is 1. The van der Waals surface area contributed by atoms with Gasteiger partial charge in [0.1, 0.15) is 6.04 Å². The first kappa shape index (κ1) is 18.1. The fourth-order valence-corrected chi connectivity index (χ4v) is 2.10. The van der Waals surface area contributed by atoms with Crippen LogP contribution in [-0.2, 0) is 11.2 Å². The van der Waals surface area contributed by atoms with Crippen LogP contribution < -0.4 is 5.32 Å². The van der Waals surface area contributed by atoms with E-state index in [0.29, 0.717) is 11.6 Å². The summed E-state index contributed by atoms with van der Waals surface area (Å²) in [6.07, 6.45) is -0.106. The molecule has 0 heterocycles. The van der Waals surface area contributed by atoms with Crippen LogP contribution in [0.2, 0.25) is 0 Å². The van der Waals surface area contributed by atoms with Gasteiger partial charge >= 0.3 is 11.9 Å². The third-order valence-corrected chi connectivity index (χ3v) is 3.43. The van der Waals surface area contributed by atoms with Crippen molar-refractivity contribution >= 4 is 17.8 Å². The van der Waals surface area contributed by atoms with E-state index in [1.807, 2.05) is 0 Å². The molecule has 0 bridgehead atoms. The molecule has 2 aromatic carbocycles. The number of aromatic carboxylic acids is 1. The number of aliphatic carboxylic acids is 1. The summed E-state index contributed by atoms with van der Waals surface area (Å²) in [7, 11) is 0. The first-order valence-electron chi connectivity index (χ1n) is 7.09. The fraction of sp³-hybridized carbons (Fsp3) is 0.118. The van der Waals surface area contributed by atoms with Crippen molar-refractivity contribution < 1.29 is 33.4 Å². The van der Waals surface area contributed by atoms with Crippen LogP contribution in [0.1, 0.15) is 26.3 Å². The van der Waals surface area contributed by atoms with Gasteiger partial charge in [-0.25, -0.2) is 18.4 Å². The molecule has 0 saturated carbocycles. The zero-order valence-electron chi connectivity index (χ0n) is 12.7. The Kier molecular flexibility index (Phi) is 5.43. The quantitative estimate of drug-likeness (QED) is 0.741. The van der Waals surface area contributed by atoms with Gasteiger partial charge in [-0.15, -0.1) is 0 Å². The van der Waals surface area contributed by atoms with E-state index in [1.54, 1.807) is 0 Å². The van der Waals surface area contributed by atoms with Crippen LogP contribution in [0.4, 0.5) is 8.78 Å². The minimum absolute atomic E-state index is 0.0430. The number of rotatable bonds is 6. The van der Waals surface area contributed by atoms with Crippen molar-refractivity contribution in [3.63, 3.8) is 0 Å². The van der Waals surface area contributed by atoms with E-state index in [-0.39, 0.29) is 17.5 Å². The van der Waals surface area contributed by atoms with Crippen LogP contribution in [-0.4, -0.2) is 34.1 Å². The third-order valence-electron chi connectivity index (χ3n) is 3.43. The molecule has 0 spiro atoms. The molecule has 0 saturated heterocycles. The lowest BCUT2D eigenvalue weighted by Gasteiger charge is -2.15. The first-order chi connectivity index (χ1) is 11.8. The normalized spacial score (nSPS) is 11.6. The summed E-state index contributed by atoms with van der Waals surface area (Å²) in [4.78, 5) is 34.1. The number of carbonyl (C=O) groups is 3. The fourth-order valence-electron chi connectivity index (χ4n) is 2.10. The smallest absolute Gasteiger partial charge is 0.335 e. The minimum atomic E-state index is -1.32. The summed E-state index contributed by atoms with van der Waals surface area (Å²) in [5.41, 5.74) is 0.316. The second kappa shape index (κ2) is 7.52. The molecule has 0 fully saturated rings. The number of hydrogen-bond donors (Lipinski definition) is 3. The van der Waals surface area contributed by atoms with Crippen molar-refractivity contribution in [1.82, 2.24) is 5.32 Å². The van der Waals surface area contributed by atoms with E-state index >= 15 is 0 Å². The Morgan fingerprint density at radius 3 is 2.04 bits per heavy atom. The molecule has 1 amide bonds. The van der Waals surface area contributed by atoms with Crippen LogP contribution in [0.5, 0.6) is 0 Å². The molecule has 0 aromatic heterocycles. The molecule has 0 unspecified atom stereocenters. The Morgan fingerprint density at radius 1 is 0.920 bits per heavy atom. The largest absolute Gasteiger partial charge is 0.480 e. The zero-order valence-corrected chi connectivity index (χ0v) is 12.7. The van der Waals surface area contributed by atoms with Crippen LogP contribution in [0.15, 0.2) is 42.5 Å². The van der Waals surface area contributed by atoms with Crippen LogP contribution in [0.3, 0.4) is 0 Å². The first-order valence-corrected chi connectivity index (χ1v) is 7.09. The monoisotopic (exact) mass is 349 g/mol. The molecule has 0 aliphatic rings. The highest BCUT2D eigenvalue weighted by Crippen LogP contribution is 2.11. The highest BCUT2D eigenvalue weighted by molar-refractivity contribution is 5.96. The maximum atomic E-state index is 13.2. The molecule has 8 heteroatoms. The van der Waals surface area contributed by atoms with Crippen molar-refractivity contribution in [3.8, 4) is 0 Å². The number of carbonyl (C=O) groups excluding carboxylic acids is 1. The van der Waals surface area contributed by atoms with Gasteiger partial charge < -0.3 is 15.5 Å². The Balaban J connectivity index is 2.12. The van der Waals surface area contributed by atoms with E-state index in [9.17, 15) is 28.3 Å². The molecule has 130 valence electrons. The Morgan fingerprint density at radius 2 is 1.52 bits per heavy atom. The molecule has 2 rings (SSSR count). The van der Waals surface area contributed by atoms with E-state index in [4.69, 9.17) is 5.11 Å².